The molecule has 0 aliphatic carbocycles. The highest BCUT2D eigenvalue weighted by molar-refractivity contribution is 5.88. The standard InChI is InChI=1S/C12H15NO2/c1-8-6-11(15-3)10(7-14)9-4-5-13(2)12(8)9/h4-6,14H,7H2,1-3H3. The van der Waals surface area contributed by atoms with Gasteiger partial charge in [-0.1, -0.05) is 0 Å². The monoisotopic (exact) mass is 205 g/mol. The number of hydrogen-bond donors (Lipinski definition) is 1. The molecule has 0 unspecified atom stereocenters. The average Bonchev–Trinajstić information content (AvgIpc) is 2.61. The molecule has 0 spiro atoms. The molecule has 0 bridgehead atoms. The largest absolute Gasteiger partial charge is 0.496 e. The third-order valence-corrected chi connectivity index (χ3v) is 2.79. The maximum Gasteiger partial charge on any atom is 0.125 e. The molecule has 3 heteroatoms. The van der Waals surface area contributed by atoms with Crippen molar-refractivity contribution in [1.82, 2.24) is 4.57 Å². The second kappa shape index (κ2) is 3.59. The number of aromatic nitrogens is 1. The minimum atomic E-state index is 0.00394. The molecule has 1 heterocycles. The highest BCUT2D eigenvalue weighted by Gasteiger charge is 2.12. The first-order valence-electron chi connectivity index (χ1n) is 4.91. The molecule has 1 N–H and O–H groups in total. The average molecular weight is 205 g/mol. The number of aliphatic hydroxyl groups excluding tert-OH is 1. The Morgan fingerprint density at radius 3 is 2.80 bits per heavy atom. The molecule has 1 aromatic carbocycles. The van der Waals surface area contributed by atoms with Crippen LogP contribution < -0.4 is 4.74 Å². The number of fused-ring (bicyclic) bond motifs is 1. The fraction of sp³-hybridized carbons (Fsp3) is 0.333. The van der Waals surface area contributed by atoms with E-state index in [4.69, 9.17) is 4.74 Å². The van der Waals surface area contributed by atoms with Gasteiger partial charge in [-0.05, 0) is 24.6 Å². The maximum absolute atomic E-state index is 9.36. The fourth-order valence-corrected chi connectivity index (χ4v) is 2.09. The predicted octanol–water partition coefficient (Wildman–Crippen LogP) is 1.99. The van der Waals surface area contributed by atoms with Crippen molar-refractivity contribution in [3.05, 3.63) is 29.5 Å². The van der Waals surface area contributed by atoms with Crippen LogP contribution in [0, 0.1) is 6.92 Å². The van der Waals surface area contributed by atoms with E-state index in [1.807, 2.05) is 32.3 Å². The van der Waals surface area contributed by atoms with Gasteiger partial charge in [0.25, 0.3) is 0 Å². The summed E-state index contributed by atoms with van der Waals surface area (Å²) in [6, 6.07) is 3.98. The molecule has 0 aliphatic heterocycles. The van der Waals surface area contributed by atoms with Crippen LogP contribution in [-0.4, -0.2) is 16.8 Å². The summed E-state index contributed by atoms with van der Waals surface area (Å²) < 4.78 is 7.32. The van der Waals surface area contributed by atoms with Crippen LogP contribution in [0.5, 0.6) is 5.75 Å². The number of rotatable bonds is 2. The van der Waals surface area contributed by atoms with E-state index in [1.165, 1.54) is 0 Å². The molecular formula is C12H15NO2. The van der Waals surface area contributed by atoms with Crippen molar-refractivity contribution in [3.63, 3.8) is 0 Å². The minimum Gasteiger partial charge on any atom is -0.496 e. The summed E-state index contributed by atoms with van der Waals surface area (Å²) in [6.45, 7) is 2.05. The molecule has 1 aromatic heterocycles. The lowest BCUT2D eigenvalue weighted by molar-refractivity contribution is 0.275. The Morgan fingerprint density at radius 1 is 1.47 bits per heavy atom. The van der Waals surface area contributed by atoms with E-state index in [1.54, 1.807) is 7.11 Å². The van der Waals surface area contributed by atoms with E-state index in [2.05, 4.69) is 4.57 Å². The fourth-order valence-electron chi connectivity index (χ4n) is 2.09. The quantitative estimate of drug-likeness (QED) is 0.813. The Bertz CT molecular complexity index is 500. The van der Waals surface area contributed by atoms with Crippen molar-refractivity contribution in [2.75, 3.05) is 7.11 Å². The highest BCUT2D eigenvalue weighted by atomic mass is 16.5. The number of methoxy groups -OCH3 is 1. The molecule has 15 heavy (non-hydrogen) atoms. The zero-order chi connectivity index (χ0) is 11.0. The zero-order valence-corrected chi connectivity index (χ0v) is 9.24. The second-order valence-electron chi connectivity index (χ2n) is 3.72. The van der Waals surface area contributed by atoms with Gasteiger partial charge in [0, 0.05) is 24.2 Å². The van der Waals surface area contributed by atoms with Gasteiger partial charge in [-0.15, -0.1) is 0 Å². The summed E-state index contributed by atoms with van der Waals surface area (Å²) in [5.74, 6) is 0.758. The van der Waals surface area contributed by atoms with Crippen molar-refractivity contribution < 1.29 is 9.84 Å². The van der Waals surface area contributed by atoms with Crippen LogP contribution in [0.15, 0.2) is 18.3 Å². The third kappa shape index (κ3) is 1.39. The summed E-state index contributed by atoms with van der Waals surface area (Å²) in [5.41, 5.74) is 3.17. The van der Waals surface area contributed by atoms with Gasteiger partial charge in [0.2, 0.25) is 0 Å². The van der Waals surface area contributed by atoms with Gasteiger partial charge in [-0.25, -0.2) is 0 Å². The molecule has 2 rings (SSSR count). The van der Waals surface area contributed by atoms with Gasteiger partial charge in [0.1, 0.15) is 5.75 Å². The number of hydrogen-bond acceptors (Lipinski definition) is 2. The van der Waals surface area contributed by atoms with Crippen molar-refractivity contribution in [2.45, 2.75) is 13.5 Å². The first kappa shape index (κ1) is 10.1. The Morgan fingerprint density at radius 2 is 2.20 bits per heavy atom. The number of benzene rings is 1. The molecule has 0 saturated carbocycles. The van der Waals surface area contributed by atoms with Crippen molar-refractivity contribution >= 4 is 10.9 Å². The van der Waals surface area contributed by atoms with E-state index in [9.17, 15) is 5.11 Å². The Hall–Kier alpha value is -1.48. The lowest BCUT2D eigenvalue weighted by Crippen LogP contribution is -1.96. The van der Waals surface area contributed by atoms with Gasteiger partial charge in [0.05, 0.1) is 19.2 Å². The number of nitrogens with zero attached hydrogens (tertiary/aromatic N) is 1. The van der Waals surface area contributed by atoms with Crippen LogP contribution in [0.25, 0.3) is 10.9 Å². The maximum atomic E-state index is 9.36. The first-order chi connectivity index (χ1) is 7.19. The van der Waals surface area contributed by atoms with Gasteiger partial charge in [-0.3, -0.25) is 0 Å². The molecule has 3 nitrogen and oxygen atoms in total. The predicted molar refractivity (Wildman–Crippen MR) is 60.1 cm³/mol. The van der Waals surface area contributed by atoms with Crippen LogP contribution in [0.3, 0.4) is 0 Å². The SMILES string of the molecule is COc1cc(C)c2c(ccn2C)c1CO. The molecule has 0 amide bonds. The number of aliphatic hydroxyl groups is 1. The van der Waals surface area contributed by atoms with E-state index in [-0.39, 0.29) is 6.61 Å². The molecule has 0 fully saturated rings. The summed E-state index contributed by atoms with van der Waals surface area (Å²) in [6.07, 6.45) is 2.00. The zero-order valence-electron chi connectivity index (χ0n) is 9.24. The van der Waals surface area contributed by atoms with Gasteiger partial charge in [-0.2, -0.15) is 0 Å². The van der Waals surface area contributed by atoms with Crippen molar-refractivity contribution in [1.29, 1.82) is 0 Å². The number of ether oxygens (including phenoxy) is 1. The van der Waals surface area contributed by atoms with Crippen LogP contribution in [0.4, 0.5) is 0 Å². The van der Waals surface area contributed by atoms with Crippen LogP contribution >= 0.6 is 0 Å². The van der Waals surface area contributed by atoms with Crippen molar-refractivity contribution in [3.8, 4) is 5.75 Å². The Balaban J connectivity index is 2.86. The molecule has 0 aliphatic rings. The lowest BCUT2D eigenvalue weighted by atomic mass is 10.1. The molecule has 0 radical (unpaired) electrons. The smallest absolute Gasteiger partial charge is 0.125 e. The summed E-state index contributed by atoms with van der Waals surface area (Å²) in [7, 11) is 3.63. The van der Waals surface area contributed by atoms with Gasteiger partial charge in [0.15, 0.2) is 0 Å². The molecule has 0 saturated heterocycles. The second-order valence-corrected chi connectivity index (χ2v) is 3.72. The van der Waals surface area contributed by atoms with Crippen LogP contribution in [0.1, 0.15) is 11.1 Å². The number of aryl methyl sites for hydroxylation is 2. The van der Waals surface area contributed by atoms with Gasteiger partial charge >= 0.3 is 0 Å². The van der Waals surface area contributed by atoms with Gasteiger partial charge < -0.3 is 14.4 Å². The van der Waals surface area contributed by atoms with Crippen LogP contribution in [-0.2, 0) is 13.7 Å². The molecule has 80 valence electrons. The molecule has 0 atom stereocenters. The normalized spacial score (nSPS) is 10.9. The van der Waals surface area contributed by atoms with Crippen LogP contribution in [0.2, 0.25) is 0 Å². The third-order valence-electron chi connectivity index (χ3n) is 2.79. The minimum absolute atomic E-state index is 0.00394. The van der Waals surface area contributed by atoms with Crippen molar-refractivity contribution in [2.24, 2.45) is 7.05 Å². The van der Waals surface area contributed by atoms with E-state index in [0.717, 1.165) is 27.8 Å². The lowest BCUT2D eigenvalue weighted by Gasteiger charge is -2.10. The topological polar surface area (TPSA) is 34.4 Å². The summed E-state index contributed by atoms with van der Waals surface area (Å²) >= 11 is 0. The summed E-state index contributed by atoms with van der Waals surface area (Å²) in [4.78, 5) is 0. The highest BCUT2D eigenvalue weighted by Crippen LogP contribution is 2.31. The van der Waals surface area contributed by atoms with E-state index >= 15 is 0 Å². The summed E-state index contributed by atoms with van der Waals surface area (Å²) in [5, 5.41) is 10.4. The molecule has 2 aromatic rings. The Labute approximate surface area is 88.9 Å². The van der Waals surface area contributed by atoms with E-state index < -0.39 is 0 Å². The molecular weight excluding hydrogens is 190 g/mol. The first-order valence-corrected chi connectivity index (χ1v) is 4.91. The Kier molecular flexibility index (Phi) is 2.40. The van der Waals surface area contributed by atoms with E-state index in [0.29, 0.717) is 0 Å².